The highest BCUT2D eigenvalue weighted by atomic mass is 19.1. The van der Waals surface area contributed by atoms with Crippen LogP contribution in [-0.2, 0) is 7.05 Å². The maximum atomic E-state index is 13.8. The standard InChI is InChI=1S/C30H28F2N4O/c1-19-18-36(29-25-6-4-5-7-27(25)34(3)30(37)26(29)16-33)20(2)17-35(19)28(21-8-12-23(31)13-9-21)22-10-14-24(32)15-11-22/h4-15,19-20,28H,17-18H2,1-3H3/t19-,20+/m1/s1. The predicted molar refractivity (Wildman–Crippen MR) is 142 cm³/mol. The molecule has 0 N–H and O–H groups in total. The molecule has 4 aromatic rings. The lowest BCUT2D eigenvalue weighted by molar-refractivity contribution is 0.130. The predicted octanol–water partition coefficient (Wildman–Crippen LogP) is 5.38. The molecule has 2 atom stereocenters. The van der Waals surface area contributed by atoms with Crippen molar-refractivity contribution >= 4 is 16.6 Å². The van der Waals surface area contributed by atoms with Crippen LogP contribution in [0.15, 0.2) is 77.6 Å². The van der Waals surface area contributed by atoms with Gasteiger partial charge in [0.25, 0.3) is 5.56 Å². The average Bonchev–Trinajstić information content (AvgIpc) is 2.90. The summed E-state index contributed by atoms with van der Waals surface area (Å²) in [7, 11) is 1.69. The molecule has 188 valence electrons. The third-order valence-electron chi connectivity index (χ3n) is 7.41. The van der Waals surface area contributed by atoms with Gasteiger partial charge in [-0.2, -0.15) is 5.26 Å². The lowest BCUT2D eigenvalue weighted by Gasteiger charge is -2.49. The Balaban J connectivity index is 1.58. The van der Waals surface area contributed by atoms with Crippen molar-refractivity contribution in [1.82, 2.24) is 9.47 Å². The minimum Gasteiger partial charge on any atom is -0.364 e. The van der Waals surface area contributed by atoms with Gasteiger partial charge in [0.1, 0.15) is 23.3 Å². The van der Waals surface area contributed by atoms with Gasteiger partial charge < -0.3 is 9.47 Å². The van der Waals surface area contributed by atoms with E-state index in [9.17, 15) is 18.8 Å². The quantitative estimate of drug-likeness (QED) is 0.379. The summed E-state index contributed by atoms with van der Waals surface area (Å²) in [5.74, 6) is -0.621. The zero-order chi connectivity index (χ0) is 26.3. The molecule has 1 aliphatic rings. The number of fused-ring (bicyclic) bond motifs is 1. The molecule has 1 saturated heterocycles. The molecule has 0 aliphatic carbocycles. The fourth-order valence-electron chi connectivity index (χ4n) is 5.57. The largest absolute Gasteiger partial charge is 0.364 e. The first-order chi connectivity index (χ1) is 17.8. The molecule has 1 aliphatic heterocycles. The Morgan fingerprint density at radius 3 is 2.00 bits per heavy atom. The van der Waals surface area contributed by atoms with E-state index in [4.69, 9.17) is 0 Å². The second kappa shape index (κ2) is 9.79. The van der Waals surface area contributed by atoms with Crippen molar-refractivity contribution in [3.8, 4) is 6.07 Å². The summed E-state index contributed by atoms with van der Waals surface area (Å²) in [5, 5.41) is 10.8. The van der Waals surface area contributed by atoms with Gasteiger partial charge in [-0.25, -0.2) is 8.78 Å². The number of benzene rings is 3. The topological polar surface area (TPSA) is 52.3 Å². The van der Waals surface area contributed by atoms with Crippen LogP contribution in [0.4, 0.5) is 14.5 Å². The summed E-state index contributed by atoms with van der Waals surface area (Å²) < 4.78 is 29.1. The number of nitriles is 1. The molecular formula is C30H28F2N4O. The number of para-hydroxylation sites is 1. The fourth-order valence-corrected chi connectivity index (χ4v) is 5.57. The van der Waals surface area contributed by atoms with E-state index in [-0.39, 0.29) is 40.9 Å². The van der Waals surface area contributed by atoms with Crippen LogP contribution in [0.25, 0.3) is 10.9 Å². The molecule has 1 fully saturated rings. The number of aryl methyl sites for hydroxylation is 1. The molecule has 5 rings (SSSR count). The Morgan fingerprint density at radius 2 is 1.43 bits per heavy atom. The number of nitrogens with zero attached hydrogens (tertiary/aromatic N) is 4. The van der Waals surface area contributed by atoms with Crippen molar-refractivity contribution < 1.29 is 8.78 Å². The van der Waals surface area contributed by atoms with Gasteiger partial charge in [-0.15, -0.1) is 0 Å². The maximum Gasteiger partial charge on any atom is 0.270 e. The Morgan fingerprint density at radius 1 is 0.865 bits per heavy atom. The molecule has 2 heterocycles. The summed E-state index contributed by atoms with van der Waals surface area (Å²) in [4.78, 5) is 17.6. The Hall–Kier alpha value is -4.02. The zero-order valence-corrected chi connectivity index (χ0v) is 21.0. The van der Waals surface area contributed by atoms with Crippen molar-refractivity contribution in [2.75, 3.05) is 18.0 Å². The number of rotatable bonds is 4. The van der Waals surface area contributed by atoms with Crippen LogP contribution in [0.5, 0.6) is 0 Å². The van der Waals surface area contributed by atoms with E-state index in [2.05, 4.69) is 29.7 Å². The monoisotopic (exact) mass is 498 g/mol. The highest BCUT2D eigenvalue weighted by molar-refractivity contribution is 5.95. The van der Waals surface area contributed by atoms with Gasteiger partial charge in [-0.3, -0.25) is 9.69 Å². The third-order valence-corrected chi connectivity index (χ3v) is 7.41. The van der Waals surface area contributed by atoms with Crippen molar-refractivity contribution in [1.29, 1.82) is 5.26 Å². The summed E-state index contributed by atoms with van der Waals surface area (Å²) in [6.45, 7) is 5.38. The van der Waals surface area contributed by atoms with E-state index >= 15 is 0 Å². The van der Waals surface area contributed by atoms with Gasteiger partial charge in [-0.1, -0.05) is 42.5 Å². The van der Waals surface area contributed by atoms with Gasteiger partial charge in [-0.05, 0) is 55.3 Å². The summed E-state index contributed by atoms with van der Waals surface area (Å²) >= 11 is 0. The second-order valence-electron chi connectivity index (χ2n) is 9.77. The number of hydrogen-bond acceptors (Lipinski definition) is 4. The molecular weight excluding hydrogens is 470 g/mol. The average molecular weight is 499 g/mol. The molecule has 37 heavy (non-hydrogen) atoms. The SMILES string of the molecule is C[C@@H]1CN(c2c(C#N)c(=O)n(C)c3ccccc23)[C@@H](C)CN1C(c1ccc(F)cc1)c1ccc(F)cc1. The number of pyridine rings is 1. The van der Waals surface area contributed by atoms with E-state index in [1.54, 1.807) is 31.3 Å². The van der Waals surface area contributed by atoms with Crippen LogP contribution < -0.4 is 10.5 Å². The van der Waals surface area contributed by atoms with E-state index in [0.717, 1.165) is 22.0 Å². The molecule has 0 saturated carbocycles. The van der Waals surface area contributed by atoms with Crippen molar-refractivity contribution in [3.05, 3.63) is 111 Å². The van der Waals surface area contributed by atoms with Crippen LogP contribution in [0, 0.1) is 23.0 Å². The molecule has 0 amide bonds. The molecule has 0 unspecified atom stereocenters. The number of hydrogen-bond donors (Lipinski definition) is 0. The molecule has 0 spiro atoms. The van der Waals surface area contributed by atoms with Gasteiger partial charge in [0.15, 0.2) is 0 Å². The number of anilines is 1. The summed E-state index contributed by atoms with van der Waals surface area (Å²) in [6, 6.07) is 22.4. The van der Waals surface area contributed by atoms with Crippen LogP contribution >= 0.6 is 0 Å². The Labute approximate surface area is 214 Å². The van der Waals surface area contributed by atoms with Gasteiger partial charge in [0, 0.05) is 37.6 Å². The van der Waals surface area contributed by atoms with Crippen molar-refractivity contribution in [2.24, 2.45) is 7.05 Å². The number of aromatic nitrogens is 1. The molecule has 0 radical (unpaired) electrons. The third kappa shape index (κ3) is 4.38. The normalized spacial score (nSPS) is 18.4. The van der Waals surface area contributed by atoms with Crippen molar-refractivity contribution in [2.45, 2.75) is 32.0 Å². The van der Waals surface area contributed by atoms with Crippen LogP contribution in [0.2, 0.25) is 0 Å². The first-order valence-corrected chi connectivity index (χ1v) is 12.3. The maximum absolute atomic E-state index is 13.8. The molecule has 5 nitrogen and oxygen atoms in total. The molecule has 7 heteroatoms. The molecule has 0 bridgehead atoms. The van der Waals surface area contributed by atoms with E-state index in [1.165, 1.54) is 28.8 Å². The lowest BCUT2D eigenvalue weighted by Crippen LogP contribution is -2.58. The minimum absolute atomic E-state index is 0.00525. The highest BCUT2D eigenvalue weighted by Crippen LogP contribution is 2.37. The second-order valence-corrected chi connectivity index (χ2v) is 9.77. The first-order valence-electron chi connectivity index (χ1n) is 12.3. The van der Waals surface area contributed by atoms with Crippen molar-refractivity contribution in [3.63, 3.8) is 0 Å². The smallest absolute Gasteiger partial charge is 0.270 e. The fraction of sp³-hybridized carbons (Fsp3) is 0.267. The van der Waals surface area contributed by atoms with Crippen LogP contribution in [0.3, 0.4) is 0 Å². The number of piperazine rings is 1. The summed E-state index contributed by atoms with van der Waals surface area (Å²) in [6.07, 6.45) is 0. The number of halogens is 2. The van der Waals surface area contributed by atoms with Gasteiger partial charge in [0.2, 0.25) is 0 Å². The minimum atomic E-state index is -0.311. The van der Waals surface area contributed by atoms with Crippen LogP contribution in [-0.4, -0.2) is 34.6 Å². The highest BCUT2D eigenvalue weighted by Gasteiger charge is 2.36. The van der Waals surface area contributed by atoms with Gasteiger partial charge >= 0.3 is 0 Å². The van der Waals surface area contributed by atoms with Gasteiger partial charge in [0.05, 0.1) is 17.2 Å². The van der Waals surface area contributed by atoms with Crippen LogP contribution in [0.1, 0.15) is 36.6 Å². The summed E-state index contributed by atoms with van der Waals surface area (Å²) in [5.41, 5.74) is 3.10. The molecule has 3 aromatic carbocycles. The molecule has 1 aromatic heterocycles. The Bertz CT molecular complexity index is 1490. The zero-order valence-electron chi connectivity index (χ0n) is 21.0. The van der Waals surface area contributed by atoms with E-state index in [0.29, 0.717) is 18.8 Å². The van der Waals surface area contributed by atoms with E-state index < -0.39 is 0 Å². The van der Waals surface area contributed by atoms with E-state index in [1.807, 2.05) is 24.3 Å². The lowest BCUT2D eigenvalue weighted by atomic mass is 9.93. The Kier molecular flexibility index (Phi) is 6.53. The first kappa shape index (κ1) is 24.7.